The van der Waals surface area contributed by atoms with Gasteiger partial charge in [-0.25, -0.2) is 4.98 Å². The lowest BCUT2D eigenvalue weighted by Crippen LogP contribution is -2.33. The van der Waals surface area contributed by atoms with E-state index in [-0.39, 0.29) is 6.42 Å². The van der Waals surface area contributed by atoms with Crippen molar-refractivity contribution in [2.45, 2.75) is 26.2 Å². The summed E-state index contributed by atoms with van der Waals surface area (Å²) in [6.07, 6.45) is 2.44. The van der Waals surface area contributed by atoms with Crippen LogP contribution in [0.2, 0.25) is 0 Å². The number of nitrogens with zero attached hydrogens (tertiary/aromatic N) is 2. The van der Waals surface area contributed by atoms with Crippen LogP contribution in [0.25, 0.3) is 11.0 Å². The maximum Gasteiger partial charge on any atom is 0.307 e. The topological polar surface area (TPSA) is 69.2 Å². The lowest BCUT2D eigenvalue weighted by Gasteiger charge is -2.29. The average Bonchev–Trinajstić information content (AvgIpc) is 2.81. The van der Waals surface area contributed by atoms with Crippen molar-refractivity contribution >= 4 is 23.0 Å². The third kappa shape index (κ3) is 2.61. The summed E-state index contributed by atoms with van der Waals surface area (Å²) in [5, 5.41) is 8.84. The molecule has 0 radical (unpaired) electrons. The fourth-order valence-electron chi connectivity index (χ4n) is 2.70. The highest BCUT2D eigenvalue weighted by Crippen LogP contribution is 2.23. The van der Waals surface area contributed by atoms with Gasteiger partial charge in [-0.3, -0.25) is 4.79 Å². The average molecular weight is 273 g/mol. The highest BCUT2D eigenvalue weighted by Gasteiger charge is 2.18. The van der Waals surface area contributed by atoms with Crippen LogP contribution >= 0.6 is 0 Å². The molecule has 0 spiro atoms. The Morgan fingerprint density at radius 1 is 1.45 bits per heavy atom. The lowest BCUT2D eigenvalue weighted by molar-refractivity contribution is -0.136. The maximum atomic E-state index is 10.8. The van der Waals surface area contributed by atoms with E-state index in [0.717, 1.165) is 41.6 Å². The number of carboxylic acid groups (broad SMARTS) is 1. The van der Waals surface area contributed by atoms with Crippen molar-refractivity contribution in [3.05, 3.63) is 23.8 Å². The molecule has 0 atom stereocenters. The molecule has 2 N–H and O–H groups in total. The Bertz CT molecular complexity index is 627. The minimum Gasteiger partial charge on any atom is -0.481 e. The van der Waals surface area contributed by atoms with E-state index in [1.165, 1.54) is 12.8 Å². The molecule has 1 aromatic carbocycles. The van der Waals surface area contributed by atoms with Gasteiger partial charge in [-0.15, -0.1) is 0 Å². The highest BCUT2D eigenvalue weighted by molar-refractivity contribution is 5.80. The molecular formula is C15H19N3O2. The molecule has 1 aliphatic heterocycles. The van der Waals surface area contributed by atoms with Crippen LogP contribution in [0.15, 0.2) is 18.2 Å². The zero-order valence-corrected chi connectivity index (χ0v) is 11.6. The van der Waals surface area contributed by atoms with Gasteiger partial charge in [0.1, 0.15) is 0 Å². The monoisotopic (exact) mass is 273 g/mol. The van der Waals surface area contributed by atoms with E-state index in [4.69, 9.17) is 5.11 Å². The molecule has 0 unspecified atom stereocenters. The van der Waals surface area contributed by atoms with Crippen molar-refractivity contribution in [3.63, 3.8) is 0 Å². The Morgan fingerprint density at radius 2 is 2.20 bits per heavy atom. The highest BCUT2D eigenvalue weighted by atomic mass is 16.4. The fraction of sp³-hybridized carbons (Fsp3) is 0.467. The van der Waals surface area contributed by atoms with Gasteiger partial charge in [-0.05, 0) is 36.5 Å². The SMILES string of the molecule is CC1CCN(c2nc3ccc(CC(=O)O)cc3[nH]2)CC1. The van der Waals surface area contributed by atoms with Crippen molar-refractivity contribution < 1.29 is 9.90 Å². The van der Waals surface area contributed by atoms with E-state index in [9.17, 15) is 4.79 Å². The number of carboxylic acids is 1. The first kappa shape index (κ1) is 13.0. The smallest absolute Gasteiger partial charge is 0.307 e. The molecule has 3 rings (SSSR count). The molecule has 5 heteroatoms. The maximum absolute atomic E-state index is 10.8. The molecule has 1 saturated heterocycles. The van der Waals surface area contributed by atoms with E-state index in [0.29, 0.717) is 0 Å². The number of aromatic nitrogens is 2. The normalized spacial score (nSPS) is 16.8. The molecule has 1 fully saturated rings. The number of anilines is 1. The number of hydrogen-bond donors (Lipinski definition) is 2. The Morgan fingerprint density at radius 3 is 2.90 bits per heavy atom. The van der Waals surface area contributed by atoms with Crippen molar-refractivity contribution in [1.82, 2.24) is 9.97 Å². The number of hydrogen-bond acceptors (Lipinski definition) is 3. The second kappa shape index (κ2) is 5.15. The Labute approximate surface area is 117 Å². The number of piperidine rings is 1. The van der Waals surface area contributed by atoms with Gasteiger partial charge >= 0.3 is 5.97 Å². The van der Waals surface area contributed by atoms with Crippen LogP contribution in [0.4, 0.5) is 5.95 Å². The molecule has 0 aliphatic carbocycles. The van der Waals surface area contributed by atoms with Crippen LogP contribution in [0.5, 0.6) is 0 Å². The van der Waals surface area contributed by atoms with Crippen LogP contribution in [-0.2, 0) is 11.2 Å². The molecule has 0 bridgehead atoms. The van der Waals surface area contributed by atoms with E-state index < -0.39 is 5.97 Å². The number of H-pyrrole nitrogens is 1. The predicted octanol–water partition coefficient (Wildman–Crippen LogP) is 2.43. The van der Waals surface area contributed by atoms with Crippen LogP contribution in [0, 0.1) is 5.92 Å². The predicted molar refractivity (Wildman–Crippen MR) is 78.0 cm³/mol. The molecule has 20 heavy (non-hydrogen) atoms. The van der Waals surface area contributed by atoms with Crippen molar-refractivity contribution in [3.8, 4) is 0 Å². The van der Waals surface area contributed by atoms with E-state index in [1.54, 1.807) is 0 Å². The first-order valence-electron chi connectivity index (χ1n) is 7.07. The molecule has 2 aromatic rings. The first-order chi connectivity index (χ1) is 9.61. The molecule has 106 valence electrons. The lowest BCUT2D eigenvalue weighted by atomic mass is 10.00. The number of rotatable bonds is 3. The number of benzene rings is 1. The van der Waals surface area contributed by atoms with Gasteiger partial charge in [-0.1, -0.05) is 13.0 Å². The summed E-state index contributed by atoms with van der Waals surface area (Å²) < 4.78 is 0. The van der Waals surface area contributed by atoms with Gasteiger partial charge < -0.3 is 15.0 Å². The Kier molecular flexibility index (Phi) is 3.34. The largest absolute Gasteiger partial charge is 0.481 e. The minimum atomic E-state index is -0.811. The van der Waals surface area contributed by atoms with Crippen LogP contribution in [0.3, 0.4) is 0 Å². The zero-order valence-electron chi connectivity index (χ0n) is 11.6. The van der Waals surface area contributed by atoms with Gasteiger partial charge in [-0.2, -0.15) is 0 Å². The second-order valence-corrected chi connectivity index (χ2v) is 5.65. The summed E-state index contributed by atoms with van der Waals surface area (Å²) in [6, 6.07) is 5.60. The standard InChI is InChI=1S/C15H19N3O2/c1-10-4-6-18(7-5-10)15-16-12-3-2-11(9-14(19)20)8-13(12)17-15/h2-3,8,10H,4-7,9H2,1H3,(H,16,17)(H,19,20). The van der Waals surface area contributed by atoms with Crippen molar-refractivity contribution in [2.75, 3.05) is 18.0 Å². The van der Waals surface area contributed by atoms with Gasteiger partial charge in [0.15, 0.2) is 0 Å². The number of fused-ring (bicyclic) bond motifs is 1. The van der Waals surface area contributed by atoms with Crippen LogP contribution < -0.4 is 4.90 Å². The number of aliphatic carboxylic acids is 1. The molecule has 0 amide bonds. The summed E-state index contributed by atoms with van der Waals surface area (Å²) in [5.41, 5.74) is 2.61. The van der Waals surface area contributed by atoms with E-state index in [1.807, 2.05) is 18.2 Å². The summed E-state index contributed by atoms with van der Waals surface area (Å²) >= 11 is 0. The summed E-state index contributed by atoms with van der Waals surface area (Å²) in [6.45, 7) is 4.35. The summed E-state index contributed by atoms with van der Waals surface area (Å²) in [4.78, 5) is 20.9. The Hall–Kier alpha value is -2.04. The van der Waals surface area contributed by atoms with Gasteiger partial charge in [0.2, 0.25) is 5.95 Å². The summed E-state index contributed by atoms with van der Waals surface area (Å²) in [7, 11) is 0. The third-order valence-electron chi connectivity index (χ3n) is 3.97. The number of carbonyl (C=O) groups is 1. The number of imidazole rings is 1. The molecule has 0 saturated carbocycles. The number of aromatic amines is 1. The quantitative estimate of drug-likeness (QED) is 0.901. The molecule has 2 heterocycles. The Balaban J connectivity index is 1.84. The molecular weight excluding hydrogens is 254 g/mol. The van der Waals surface area contributed by atoms with Gasteiger partial charge in [0.05, 0.1) is 17.5 Å². The van der Waals surface area contributed by atoms with Crippen molar-refractivity contribution in [1.29, 1.82) is 0 Å². The molecule has 5 nitrogen and oxygen atoms in total. The first-order valence-corrected chi connectivity index (χ1v) is 7.07. The van der Waals surface area contributed by atoms with E-state index >= 15 is 0 Å². The minimum absolute atomic E-state index is 0.0471. The number of nitrogens with one attached hydrogen (secondary N) is 1. The molecule has 1 aromatic heterocycles. The van der Waals surface area contributed by atoms with Crippen LogP contribution in [-0.4, -0.2) is 34.1 Å². The zero-order chi connectivity index (χ0) is 14.1. The van der Waals surface area contributed by atoms with E-state index in [2.05, 4.69) is 21.8 Å². The fourth-order valence-corrected chi connectivity index (χ4v) is 2.70. The van der Waals surface area contributed by atoms with Crippen molar-refractivity contribution in [2.24, 2.45) is 5.92 Å². The summed E-state index contributed by atoms with van der Waals surface area (Å²) in [5.74, 6) is 0.881. The second-order valence-electron chi connectivity index (χ2n) is 5.65. The van der Waals surface area contributed by atoms with Gasteiger partial charge in [0, 0.05) is 13.1 Å². The third-order valence-corrected chi connectivity index (χ3v) is 3.97. The molecule has 1 aliphatic rings. The van der Waals surface area contributed by atoms with Crippen LogP contribution in [0.1, 0.15) is 25.3 Å². The van der Waals surface area contributed by atoms with Gasteiger partial charge in [0.25, 0.3) is 0 Å².